The minimum absolute atomic E-state index is 0.0115. The number of nitrogens with one attached hydrogen (secondary N) is 1. The zero-order valence-electron chi connectivity index (χ0n) is 50.7. The highest BCUT2D eigenvalue weighted by molar-refractivity contribution is 6.26. The van der Waals surface area contributed by atoms with Crippen molar-refractivity contribution < 1.29 is 97.2 Å². The number of amides is 1. The zero-order chi connectivity index (χ0) is 61.2. The van der Waals surface area contributed by atoms with Gasteiger partial charge in [-0.1, -0.05) is 63.6 Å². The molecular formula is C61H91N2O21-. The number of aliphatic hydroxyl groups excluding tert-OH is 5. The van der Waals surface area contributed by atoms with E-state index in [1.807, 2.05) is 39.8 Å². The van der Waals surface area contributed by atoms with Crippen molar-refractivity contribution in [1.29, 1.82) is 0 Å². The fraction of sp³-hybridized carbons (Fsp3) is 0.787. The second-order valence-electron chi connectivity index (χ2n) is 26.0. The molecule has 472 valence electrons. The molecule has 9 rings (SSSR count). The molecule has 0 aromatic heterocycles. The lowest BCUT2D eigenvalue weighted by molar-refractivity contribution is -0.335. The lowest BCUT2D eigenvalue weighted by atomic mass is 9.49. The van der Waals surface area contributed by atoms with Crippen molar-refractivity contribution in [3.63, 3.8) is 0 Å². The van der Waals surface area contributed by atoms with Crippen LogP contribution in [0.4, 0.5) is 4.79 Å². The zero-order valence-corrected chi connectivity index (χ0v) is 50.7. The summed E-state index contributed by atoms with van der Waals surface area (Å²) in [7, 11) is 2.69. The lowest BCUT2D eigenvalue weighted by Crippen LogP contribution is -2.67. The molecule has 23 heteroatoms. The number of hydroxylamine groups is 2. The molecule has 7 N–H and O–H groups in total. The number of ether oxygens (including phenoxy) is 11. The van der Waals surface area contributed by atoms with Gasteiger partial charge in [-0.3, -0.25) is 10.0 Å². The van der Waals surface area contributed by atoms with Crippen molar-refractivity contribution >= 4 is 17.8 Å². The molecule has 1 saturated carbocycles. The monoisotopic (exact) mass is 1190 g/mol. The number of carbonyl (C=O) groups is 3. The Morgan fingerprint density at radius 3 is 2.01 bits per heavy atom. The van der Waals surface area contributed by atoms with Gasteiger partial charge >= 0.3 is 12.1 Å². The molecule has 27 atom stereocenters. The summed E-state index contributed by atoms with van der Waals surface area (Å²) >= 11 is 0. The number of ketones is 1. The SMILES string of the molecule is COC(=O)N[C@H]1[C@@H](C)O[C@@H](O[C@H]2C/C=C(\C)[C@@H]3C=C[C@@H]4[C@@H](O[C@H]5C[C@@H](O[C@H]6C[C@@H](O)[C@@H](O[C@@H]7C[C@@H](O)[C@@H](OC)[C@H](C)O7)[C@H](C)O6)[C@@H](O)[C@H](C)O5)[C@H](C)C[C@H](C)[C@H]4[C@]3(C)C(O)=C3C(=O)O[C@]4(C[C@@H](C)C(CO)=C[C@H]4/C=C/2C)C3=O)C[C@]1(C)N([O-])O. The minimum atomic E-state index is -1.81. The van der Waals surface area contributed by atoms with E-state index in [0.717, 1.165) is 5.57 Å². The summed E-state index contributed by atoms with van der Waals surface area (Å²) in [6, 6.07) is -1.02. The highest BCUT2D eigenvalue weighted by Crippen LogP contribution is 2.61. The van der Waals surface area contributed by atoms with Crippen LogP contribution in [0, 0.1) is 52.0 Å². The molecule has 0 radical (unpaired) electrons. The summed E-state index contributed by atoms with van der Waals surface area (Å²) in [6.45, 7) is 19.7. The number of methoxy groups -OCH3 is 2. The third-order valence-electron chi connectivity index (χ3n) is 20.3. The molecule has 84 heavy (non-hydrogen) atoms. The standard InChI is InChI=1S/C61H91N2O21/c1-27-14-17-42(80-47-25-59(10,63(72)73)54(35(9)79-47)62-58(71)75-13)28(2)19-37-20-36(26-64)31(5)24-61(37)56(69)48(57(70)84-61)55(68)60(11)39(27)16-15-38-49(60)29(3)18-30(4)51(38)82-46-23-43(50(67)32(6)76-46)81-44-22-41(66)53(34(8)78-44)83-45-21-40(65)52(74-12)33(7)77-45/h14-16,19-20,29-35,37-47,49-54,64-68,72H,17-18,21-26H2,1-13H3,(H,62,71)/q-1/b27-14+,28-19+,55-48?/t29-,30+,31+,32-,33-,34-,35+,37+,38-,39-,40+,41+,42-,43+,44-,45+,46-,47-,49+,50-,51-,52-,53-,54-,59-,60+,61-/m0/s1. The first-order chi connectivity index (χ1) is 39.6. The fourth-order valence-electron chi connectivity index (χ4n) is 15.8. The first kappa shape index (κ1) is 64.7. The average Bonchev–Trinajstić information content (AvgIpc) is 2.80. The third-order valence-corrected chi connectivity index (χ3v) is 20.3. The van der Waals surface area contributed by atoms with E-state index in [9.17, 15) is 45.5 Å². The first-order valence-corrected chi connectivity index (χ1v) is 30.0. The molecule has 0 unspecified atom stereocenters. The topological polar surface area (TPSA) is 312 Å². The van der Waals surface area contributed by atoms with Crippen molar-refractivity contribution in [3.8, 4) is 0 Å². The number of carbonyl (C=O) groups excluding carboxylic acids is 3. The maximum absolute atomic E-state index is 15.6. The van der Waals surface area contributed by atoms with Gasteiger partial charge in [0.15, 0.2) is 30.8 Å². The second-order valence-corrected chi connectivity index (χ2v) is 26.0. The molecule has 5 aliphatic heterocycles. The van der Waals surface area contributed by atoms with E-state index in [4.69, 9.17) is 52.1 Å². The van der Waals surface area contributed by atoms with Gasteiger partial charge in [0.05, 0.1) is 80.2 Å². The highest BCUT2D eigenvalue weighted by atomic mass is 16.8. The Bertz CT molecular complexity index is 2550. The normalized spacial score (nSPS) is 48.6. The maximum atomic E-state index is 15.6. The van der Waals surface area contributed by atoms with E-state index in [2.05, 4.69) is 25.2 Å². The van der Waals surface area contributed by atoms with Gasteiger partial charge in [0.1, 0.15) is 29.6 Å². The Kier molecular flexibility index (Phi) is 19.6. The predicted molar refractivity (Wildman–Crippen MR) is 298 cm³/mol. The van der Waals surface area contributed by atoms with Crippen molar-refractivity contribution in [1.82, 2.24) is 10.5 Å². The molecule has 5 saturated heterocycles. The lowest BCUT2D eigenvalue weighted by Gasteiger charge is -2.56. The van der Waals surface area contributed by atoms with Crippen LogP contribution in [0.25, 0.3) is 0 Å². The molecule has 0 aromatic rings. The molecule has 2 bridgehead atoms. The number of allylic oxidation sites excluding steroid dienone is 3. The molecule has 5 heterocycles. The number of rotatable bonds is 12. The molecule has 23 nitrogen and oxygen atoms in total. The van der Waals surface area contributed by atoms with E-state index < -0.39 is 174 Å². The fourth-order valence-corrected chi connectivity index (χ4v) is 15.8. The van der Waals surface area contributed by atoms with Crippen LogP contribution in [0.1, 0.15) is 121 Å². The summed E-state index contributed by atoms with van der Waals surface area (Å²) in [5.74, 6) is -5.03. The number of esters is 1. The first-order valence-electron chi connectivity index (χ1n) is 30.0. The van der Waals surface area contributed by atoms with Gasteiger partial charge in [-0.15, -0.1) is 0 Å². The van der Waals surface area contributed by atoms with Crippen molar-refractivity contribution in [2.75, 3.05) is 20.8 Å². The van der Waals surface area contributed by atoms with E-state index in [-0.39, 0.29) is 68.0 Å². The number of hydrogen-bond donors (Lipinski definition) is 7. The molecule has 9 aliphatic rings. The Morgan fingerprint density at radius 1 is 0.762 bits per heavy atom. The van der Waals surface area contributed by atoms with Gasteiger partial charge in [0.25, 0.3) is 0 Å². The van der Waals surface area contributed by atoms with Crippen LogP contribution >= 0.6 is 0 Å². The molecule has 0 aromatic carbocycles. The van der Waals surface area contributed by atoms with Gasteiger partial charge in [-0.25, -0.2) is 9.59 Å². The van der Waals surface area contributed by atoms with Gasteiger partial charge in [0, 0.05) is 62.4 Å². The number of fused-ring (bicyclic) bond motifs is 4. The van der Waals surface area contributed by atoms with Gasteiger partial charge < -0.3 is 93.4 Å². The van der Waals surface area contributed by atoms with E-state index in [0.29, 0.717) is 17.6 Å². The van der Waals surface area contributed by atoms with Crippen molar-refractivity contribution in [2.45, 2.75) is 237 Å². The minimum Gasteiger partial charge on any atom is -0.762 e. The summed E-state index contributed by atoms with van der Waals surface area (Å²) in [5, 5.41) is 83.4. The second kappa shape index (κ2) is 25.4. The predicted octanol–water partition coefficient (Wildman–Crippen LogP) is 5.49. The summed E-state index contributed by atoms with van der Waals surface area (Å²) in [4.78, 5) is 42.7. The van der Waals surface area contributed by atoms with Crippen LogP contribution in [0.15, 0.2) is 58.4 Å². The maximum Gasteiger partial charge on any atom is 0.407 e. The Morgan fingerprint density at radius 2 is 1.38 bits per heavy atom. The molecule has 1 spiro atoms. The van der Waals surface area contributed by atoms with Crippen molar-refractivity contribution in [3.05, 3.63) is 63.6 Å². The average molecular weight is 1190 g/mol. The van der Waals surface area contributed by atoms with Gasteiger partial charge in [-0.05, 0) is 96.1 Å². The Balaban J connectivity index is 1.01. The van der Waals surface area contributed by atoms with Crippen molar-refractivity contribution in [2.24, 2.45) is 46.8 Å². The van der Waals surface area contributed by atoms with Crippen LogP contribution in [-0.2, 0) is 61.7 Å². The highest BCUT2D eigenvalue weighted by Gasteiger charge is 2.64. The number of Topliss-reactive ketones (excluding diaryl/α,β-unsaturated/α-hetero) is 1. The number of alkyl carbamates (subject to hydrolysis) is 1. The number of nitrogens with zero attached hydrogens (tertiary/aromatic N) is 1. The Hall–Kier alpha value is -3.73. The Labute approximate surface area is 492 Å². The van der Waals surface area contributed by atoms with Crippen LogP contribution in [0.5, 0.6) is 0 Å². The summed E-state index contributed by atoms with van der Waals surface area (Å²) in [5.41, 5.74) is -3.21. The molecule has 6 fully saturated rings. The summed E-state index contributed by atoms with van der Waals surface area (Å²) < 4.78 is 68.0. The van der Waals surface area contributed by atoms with Gasteiger partial charge in [0.2, 0.25) is 5.78 Å². The molecule has 1 amide bonds. The van der Waals surface area contributed by atoms with Crippen LogP contribution in [0.2, 0.25) is 0 Å². The van der Waals surface area contributed by atoms with E-state index in [1.165, 1.54) is 21.1 Å². The number of hydrogen-bond acceptors (Lipinski definition) is 22. The number of aliphatic hydroxyl groups is 5. The molecular weight excluding hydrogens is 1100 g/mol. The van der Waals surface area contributed by atoms with E-state index >= 15 is 4.79 Å². The van der Waals surface area contributed by atoms with E-state index in [1.54, 1.807) is 39.8 Å². The quantitative estimate of drug-likeness (QED) is 0.0550. The van der Waals surface area contributed by atoms with Crippen LogP contribution in [0.3, 0.4) is 0 Å². The van der Waals surface area contributed by atoms with Gasteiger partial charge in [-0.2, -0.15) is 0 Å². The van der Waals surface area contributed by atoms with Crippen LogP contribution in [-0.4, -0.2) is 190 Å². The largest absolute Gasteiger partial charge is 0.762 e. The molecule has 4 aliphatic carbocycles. The third kappa shape index (κ3) is 12.0. The smallest absolute Gasteiger partial charge is 0.407 e. The van der Waals surface area contributed by atoms with Crippen LogP contribution < -0.4 is 5.32 Å². The summed E-state index contributed by atoms with van der Waals surface area (Å²) in [6.07, 6.45) is -3.27.